The maximum absolute atomic E-state index is 12.6. The van der Waals surface area contributed by atoms with Gasteiger partial charge in [0.15, 0.2) is 0 Å². The van der Waals surface area contributed by atoms with Gasteiger partial charge >= 0.3 is 5.97 Å². The summed E-state index contributed by atoms with van der Waals surface area (Å²) in [5, 5.41) is 9.15. The van der Waals surface area contributed by atoms with Gasteiger partial charge in [0.25, 0.3) is 5.91 Å². The average Bonchev–Trinajstić information content (AvgIpc) is 2.70. The van der Waals surface area contributed by atoms with Crippen molar-refractivity contribution in [2.75, 3.05) is 47.0 Å². The summed E-state index contributed by atoms with van der Waals surface area (Å²) in [7, 11) is 3.19. The van der Waals surface area contributed by atoms with Crippen molar-refractivity contribution in [2.45, 2.75) is 19.3 Å². The topological polar surface area (TPSA) is 96.4 Å². The van der Waals surface area contributed by atoms with Crippen molar-refractivity contribution < 1.29 is 29.0 Å². The summed E-state index contributed by atoms with van der Waals surface area (Å²) in [4.78, 5) is 39.2. The van der Waals surface area contributed by atoms with Gasteiger partial charge in [0, 0.05) is 45.8 Å². The van der Waals surface area contributed by atoms with Crippen molar-refractivity contribution in [3.8, 4) is 5.75 Å². The van der Waals surface area contributed by atoms with E-state index in [2.05, 4.69) is 0 Å². The number of methoxy groups -OCH3 is 1. The highest BCUT2D eigenvalue weighted by Crippen LogP contribution is 2.18. The third kappa shape index (κ3) is 6.23. The fourth-order valence-electron chi connectivity index (χ4n) is 3.11. The Labute approximate surface area is 165 Å². The van der Waals surface area contributed by atoms with E-state index in [4.69, 9.17) is 14.6 Å². The van der Waals surface area contributed by atoms with Gasteiger partial charge in [-0.1, -0.05) is 6.07 Å². The zero-order chi connectivity index (χ0) is 20.5. The van der Waals surface area contributed by atoms with Gasteiger partial charge in [-0.15, -0.1) is 0 Å². The minimum atomic E-state index is -0.885. The Morgan fingerprint density at radius 1 is 1.29 bits per heavy atom. The Balaban J connectivity index is 1.91. The molecule has 154 valence electrons. The number of carboxylic acids is 1. The van der Waals surface area contributed by atoms with Crippen LogP contribution in [0.1, 0.15) is 29.6 Å². The number of carbonyl (C=O) groups is 3. The lowest BCUT2D eigenvalue weighted by Gasteiger charge is -2.32. The Kier molecular flexibility index (Phi) is 8.25. The molecule has 1 N–H and O–H groups in total. The van der Waals surface area contributed by atoms with Crippen molar-refractivity contribution in [1.29, 1.82) is 0 Å². The molecule has 8 heteroatoms. The minimum Gasteiger partial charge on any atom is -0.493 e. The molecule has 1 saturated heterocycles. The normalized spacial score (nSPS) is 16.5. The maximum Gasteiger partial charge on any atom is 0.308 e. The summed E-state index contributed by atoms with van der Waals surface area (Å²) in [5.74, 6) is -1.37. The third-order valence-corrected chi connectivity index (χ3v) is 4.68. The van der Waals surface area contributed by atoms with Gasteiger partial charge in [0.05, 0.1) is 19.1 Å². The number of nitrogens with zero attached hydrogens (tertiary/aromatic N) is 2. The summed E-state index contributed by atoms with van der Waals surface area (Å²) in [5.41, 5.74) is 0.432. The Morgan fingerprint density at radius 2 is 2.07 bits per heavy atom. The smallest absolute Gasteiger partial charge is 0.308 e. The van der Waals surface area contributed by atoms with Gasteiger partial charge in [0.2, 0.25) is 5.91 Å². The quantitative estimate of drug-likeness (QED) is 0.640. The van der Waals surface area contributed by atoms with E-state index in [0.717, 1.165) is 6.42 Å². The number of rotatable bonds is 9. The molecule has 28 heavy (non-hydrogen) atoms. The number of carboxylic acid groups (broad SMARTS) is 1. The first-order valence-electron chi connectivity index (χ1n) is 9.40. The summed E-state index contributed by atoms with van der Waals surface area (Å²) >= 11 is 0. The number of piperidine rings is 1. The van der Waals surface area contributed by atoms with E-state index in [1.807, 2.05) is 0 Å². The Morgan fingerprint density at radius 3 is 2.79 bits per heavy atom. The highest BCUT2D eigenvalue weighted by atomic mass is 16.5. The molecule has 1 aromatic rings. The summed E-state index contributed by atoms with van der Waals surface area (Å²) in [6, 6.07) is 6.83. The van der Waals surface area contributed by atoms with Gasteiger partial charge in [-0.2, -0.15) is 0 Å². The third-order valence-electron chi connectivity index (χ3n) is 4.68. The Hall–Kier alpha value is -2.61. The van der Waals surface area contributed by atoms with Crippen LogP contribution in [-0.4, -0.2) is 79.7 Å². The molecule has 1 atom stereocenters. The number of amides is 2. The van der Waals surface area contributed by atoms with Gasteiger partial charge in [-0.3, -0.25) is 14.4 Å². The van der Waals surface area contributed by atoms with Crippen LogP contribution < -0.4 is 4.74 Å². The number of hydrogen-bond acceptors (Lipinski definition) is 5. The molecule has 1 fully saturated rings. The van der Waals surface area contributed by atoms with E-state index in [9.17, 15) is 14.4 Å². The highest BCUT2D eigenvalue weighted by molar-refractivity contribution is 5.96. The summed E-state index contributed by atoms with van der Waals surface area (Å²) in [6.07, 6.45) is 1.98. The number of carbonyl (C=O) groups excluding carboxylic acids is 2. The second-order valence-electron chi connectivity index (χ2n) is 6.90. The van der Waals surface area contributed by atoms with Crippen LogP contribution in [0.5, 0.6) is 5.75 Å². The molecule has 1 aliphatic heterocycles. The molecule has 0 aliphatic carbocycles. The summed E-state index contributed by atoms with van der Waals surface area (Å²) < 4.78 is 10.6. The molecule has 1 aliphatic rings. The van der Waals surface area contributed by atoms with Crippen LogP contribution in [0.25, 0.3) is 0 Å². The number of hydrogen-bond donors (Lipinski definition) is 1. The van der Waals surface area contributed by atoms with Gasteiger partial charge in [-0.25, -0.2) is 0 Å². The molecular weight excluding hydrogens is 364 g/mol. The predicted octanol–water partition coefficient (Wildman–Crippen LogP) is 1.50. The first-order valence-corrected chi connectivity index (χ1v) is 9.40. The van der Waals surface area contributed by atoms with E-state index in [0.29, 0.717) is 43.9 Å². The highest BCUT2D eigenvalue weighted by Gasteiger charge is 2.29. The van der Waals surface area contributed by atoms with Crippen molar-refractivity contribution in [3.63, 3.8) is 0 Å². The van der Waals surface area contributed by atoms with E-state index >= 15 is 0 Å². The number of likely N-dealkylation sites (N-methyl/N-ethyl adjacent to an activating group) is 1. The first kappa shape index (κ1) is 21.7. The van der Waals surface area contributed by atoms with Crippen molar-refractivity contribution >= 4 is 17.8 Å². The van der Waals surface area contributed by atoms with E-state index < -0.39 is 11.9 Å². The lowest BCUT2D eigenvalue weighted by Crippen LogP contribution is -2.46. The molecule has 0 saturated carbocycles. The lowest BCUT2D eigenvalue weighted by molar-refractivity contribution is -0.145. The molecule has 1 aromatic carbocycles. The van der Waals surface area contributed by atoms with Crippen LogP contribution in [0.2, 0.25) is 0 Å². The number of ether oxygens (including phenoxy) is 2. The van der Waals surface area contributed by atoms with E-state index in [1.165, 1.54) is 9.80 Å². The summed E-state index contributed by atoms with van der Waals surface area (Å²) in [6.45, 7) is 1.71. The molecule has 0 radical (unpaired) electrons. The predicted molar refractivity (Wildman–Crippen MR) is 102 cm³/mol. The molecule has 0 aromatic heterocycles. The maximum atomic E-state index is 12.6. The standard InChI is InChI=1S/C20H28N2O6/c1-21(14-18(23)22-9-4-7-16(13-22)20(25)26)19(24)15-6-3-8-17(12-15)28-11-5-10-27-2/h3,6,8,12,16H,4-5,7,9-11,13-14H2,1-2H3,(H,25,26). The van der Waals surface area contributed by atoms with E-state index in [-0.39, 0.29) is 24.9 Å². The first-order chi connectivity index (χ1) is 13.4. The lowest BCUT2D eigenvalue weighted by atomic mass is 9.98. The SMILES string of the molecule is COCCCOc1cccc(C(=O)N(C)CC(=O)N2CCCC(C(=O)O)C2)c1. The molecule has 1 heterocycles. The molecular formula is C20H28N2O6. The van der Waals surface area contributed by atoms with Crippen LogP contribution >= 0.6 is 0 Å². The molecule has 0 spiro atoms. The fraction of sp³-hybridized carbons (Fsp3) is 0.550. The van der Waals surface area contributed by atoms with Gasteiger partial charge in [-0.05, 0) is 31.0 Å². The molecule has 2 amide bonds. The second kappa shape index (κ2) is 10.7. The molecule has 8 nitrogen and oxygen atoms in total. The minimum absolute atomic E-state index is 0.0932. The van der Waals surface area contributed by atoms with Crippen molar-refractivity contribution in [3.05, 3.63) is 29.8 Å². The molecule has 1 unspecified atom stereocenters. The van der Waals surface area contributed by atoms with Crippen LogP contribution in [-0.2, 0) is 14.3 Å². The average molecular weight is 392 g/mol. The van der Waals surface area contributed by atoms with Crippen molar-refractivity contribution in [2.24, 2.45) is 5.92 Å². The fourth-order valence-corrected chi connectivity index (χ4v) is 3.11. The van der Waals surface area contributed by atoms with Crippen LogP contribution in [0.3, 0.4) is 0 Å². The monoisotopic (exact) mass is 392 g/mol. The largest absolute Gasteiger partial charge is 0.493 e. The van der Waals surface area contributed by atoms with Crippen molar-refractivity contribution in [1.82, 2.24) is 9.80 Å². The van der Waals surface area contributed by atoms with Crippen LogP contribution in [0, 0.1) is 5.92 Å². The Bertz CT molecular complexity index is 693. The van der Waals surface area contributed by atoms with Crippen LogP contribution in [0.4, 0.5) is 0 Å². The van der Waals surface area contributed by atoms with Gasteiger partial charge < -0.3 is 24.4 Å². The van der Waals surface area contributed by atoms with Gasteiger partial charge in [0.1, 0.15) is 5.75 Å². The molecule has 0 bridgehead atoms. The number of likely N-dealkylation sites (tertiary alicyclic amines) is 1. The zero-order valence-corrected chi connectivity index (χ0v) is 16.4. The van der Waals surface area contributed by atoms with Crippen LogP contribution in [0.15, 0.2) is 24.3 Å². The second-order valence-corrected chi connectivity index (χ2v) is 6.90. The number of benzene rings is 1. The number of aliphatic carboxylic acids is 1. The van der Waals surface area contributed by atoms with E-state index in [1.54, 1.807) is 38.4 Å². The molecule has 2 rings (SSSR count). The zero-order valence-electron chi connectivity index (χ0n) is 16.4.